The fourth-order valence-corrected chi connectivity index (χ4v) is 4.55. The second-order valence-electron chi connectivity index (χ2n) is 8.03. The maximum absolute atomic E-state index is 14.1. The largest absolute Gasteiger partial charge is 0.274 e. The molecule has 3 heteroatoms. The van der Waals surface area contributed by atoms with Gasteiger partial charge in [0.05, 0.1) is 22.5 Å². The van der Waals surface area contributed by atoms with Crippen LogP contribution in [-0.4, -0.2) is 10.9 Å². The van der Waals surface area contributed by atoms with Crippen molar-refractivity contribution in [2.75, 3.05) is 4.90 Å². The van der Waals surface area contributed by atoms with Crippen LogP contribution in [0.1, 0.15) is 21.5 Å². The van der Waals surface area contributed by atoms with E-state index in [0.717, 1.165) is 50.1 Å². The van der Waals surface area contributed by atoms with Gasteiger partial charge in [0.2, 0.25) is 0 Å². The van der Waals surface area contributed by atoms with Gasteiger partial charge in [-0.1, -0.05) is 97.1 Å². The molecule has 1 aliphatic heterocycles. The quantitative estimate of drug-likeness (QED) is 0.311. The Labute approximate surface area is 192 Å². The van der Waals surface area contributed by atoms with Crippen LogP contribution in [0.25, 0.3) is 33.8 Å². The number of rotatable bonds is 3. The lowest BCUT2D eigenvalue weighted by molar-refractivity contribution is 0.101. The van der Waals surface area contributed by atoms with Gasteiger partial charge in [-0.25, -0.2) is 0 Å². The second-order valence-corrected chi connectivity index (χ2v) is 8.03. The first-order valence-corrected chi connectivity index (χ1v) is 10.9. The van der Waals surface area contributed by atoms with Crippen LogP contribution in [-0.2, 0) is 0 Å². The number of anilines is 1. The number of hydrogen-bond donors (Lipinski definition) is 0. The van der Waals surface area contributed by atoms with E-state index in [-0.39, 0.29) is 5.91 Å². The molecule has 0 spiro atoms. The predicted octanol–water partition coefficient (Wildman–Crippen LogP) is 7.06. The molecule has 3 nitrogen and oxygen atoms in total. The highest BCUT2D eigenvalue weighted by atomic mass is 16.2. The Hall–Kier alpha value is -4.50. The number of pyridine rings is 1. The third-order valence-corrected chi connectivity index (χ3v) is 6.04. The van der Waals surface area contributed by atoms with Gasteiger partial charge in [-0.05, 0) is 34.9 Å². The summed E-state index contributed by atoms with van der Waals surface area (Å²) in [5.41, 5.74) is 7.11. The zero-order valence-electron chi connectivity index (χ0n) is 17.8. The van der Waals surface area contributed by atoms with Gasteiger partial charge in [-0.15, -0.1) is 0 Å². The Morgan fingerprint density at radius 2 is 1.36 bits per heavy atom. The van der Waals surface area contributed by atoms with E-state index in [9.17, 15) is 4.79 Å². The zero-order valence-corrected chi connectivity index (χ0v) is 17.8. The Balaban J connectivity index is 1.63. The average Bonchev–Trinajstić information content (AvgIpc) is 3.16. The van der Waals surface area contributed by atoms with Crippen molar-refractivity contribution in [3.8, 4) is 11.1 Å². The molecule has 0 fully saturated rings. The van der Waals surface area contributed by atoms with Crippen molar-refractivity contribution in [1.29, 1.82) is 0 Å². The third-order valence-electron chi connectivity index (χ3n) is 6.04. The Morgan fingerprint density at radius 3 is 2.18 bits per heavy atom. The summed E-state index contributed by atoms with van der Waals surface area (Å²) in [7, 11) is 0. The second kappa shape index (κ2) is 7.88. The highest BCUT2D eigenvalue weighted by molar-refractivity contribution is 6.28. The average molecular weight is 425 g/mol. The Kier molecular flexibility index (Phi) is 4.59. The molecule has 0 atom stereocenters. The minimum Gasteiger partial charge on any atom is -0.274 e. The fourth-order valence-electron chi connectivity index (χ4n) is 4.55. The van der Waals surface area contributed by atoms with E-state index in [1.165, 1.54) is 0 Å². The SMILES string of the molecule is O=C1c2c(cccc2-c2ccccc2)/C(=C/c2ccccc2)N1c1cccc2cccnc12. The Bertz CT molecular complexity index is 1520. The summed E-state index contributed by atoms with van der Waals surface area (Å²) in [6, 6.07) is 36.2. The molecule has 0 aliphatic carbocycles. The minimum absolute atomic E-state index is 0.0372. The summed E-state index contributed by atoms with van der Waals surface area (Å²) < 4.78 is 0. The number of carbonyl (C=O) groups is 1. The standard InChI is InChI=1S/C30H20N2O/c33-30-28-24(22-12-5-2-6-13-22)16-8-17-25(28)27(20-21-10-3-1-4-11-21)32(30)26-18-7-14-23-15-9-19-31-29(23)26/h1-20H/b27-20-. The third kappa shape index (κ3) is 3.22. The van der Waals surface area contributed by atoms with Gasteiger partial charge in [0.25, 0.3) is 5.91 Å². The lowest BCUT2D eigenvalue weighted by Crippen LogP contribution is -2.23. The van der Waals surface area contributed by atoms with E-state index in [1.54, 1.807) is 6.20 Å². The first kappa shape index (κ1) is 19.2. The molecular weight excluding hydrogens is 404 g/mol. The molecule has 1 aromatic heterocycles. The number of benzene rings is 4. The van der Waals surface area contributed by atoms with E-state index in [1.807, 2.05) is 102 Å². The van der Waals surface area contributed by atoms with Crippen LogP contribution >= 0.6 is 0 Å². The van der Waals surface area contributed by atoms with Gasteiger partial charge in [-0.2, -0.15) is 0 Å². The van der Waals surface area contributed by atoms with Crippen molar-refractivity contribution in [3.05, 3.63) is 132 Å². The van der Waals surface area contributed by atoms with Gasteiger partial charge in [0.15, 0.2) is 0 Å². The topological polar surface area (TPSA) is 33.2 Å². The van der Waals surface area contributed by atoms with Crippen LogP contribution in [0, 0.1) is 0 Å². The molecule has 0 bridgehead atoms. The molecule has 2 heterocycles. The number of nitrogens with zero attached hydrogens (tertiary/aromatic N) is 2. The molecule has 0 radical (unpaired) electrons. The maximum atomic E-state index is 14.1. The summed E-state index contributed by atoms with van der Waals surface area (Å²) in [6.45, 7) is 0. The molecule has 0 saturated heterocycles. The molecule has 1 amide bonds. The molecule has 0 saturated carbocycles. The molecule has 6 rings (SSSR count). The number of carbonyl (C=O) groups excluding carboxylic acids is 1. The number of amides is 1. The molecule has 33 heavy (non-hydrogen) atoms. The monoisotopic (exact) mass is 424 g/mol. The van der Waals surface area contributed by atoms with Crippen LogP contribution in [0.5, 0.6) is 0 Å². The van der Waals surface area contributed by atoms with Gasteiger partial charge < -0.3 is 0 Å². The van der Waals surface area contributed by atoms with Crippen LogP contribution in [0.15, 0.2) is 115 Å². The van der Waals surface area contributed by atoms with Crippen molar-refractivity contribution in [1.82, 2.24) is 4.98 Å². The normalized spacial score (nSPS) is 14.1. The summed E-state index contributed by atoms with van der Waals surface area (Å²) >= 11 is 0. The van der Waals surface area contributed by atoms with Crippen LogP contribution in [0.4, 0.5) is 5.69 Å². The van der Waals surface area contributed by atoms with Gasteiger partial charge in [-0.3, -0.25) is 14.7 Å². The molecule has 5 aromatic rings. The van der Waals surface area contributed by atoms with Crippen LogP contribution in [0.3, 0.4) is 0 Å². The molecule has 0 N–H and O–H groups in total. The van der Waals surface area contributed by atoms with Crippen LogP contribution < -0.4 is 4.90 Å². The van der Waals surface area contributed by atoms with Crippen LogP contribution in [0.2, 0.25) is 0 Å². The Morgan fingerprint density at radius 1 is 0.667 bits per heavy atom. The maximum Gasteiger partial charge on any atom is 0.264 e. The summed E-state index contributed by atoms with van der Waals surface area (Å²) in [4.78, 5) is 20.5. The van der Waals surface area contributed by atoms with E-state index >= 15 is 0 Å². The van der Waals surface area contributed by atoms with E-state index in [4.69, 9.17) is 0 Å². The zero-order chi connectivity index (χ0) is 22.2. The van der Waals surface area contributed by atoms with E-state index in [2.05, 4.69) is 23.2 Å². The highest BCUT2D eigenvalue weighted by Gasteiger charge is 2.36. The van der Waals surface area contributed by atoms with Crippen molar-refractivity contribution in [3.63, 3.8) is 0 Å². The summed E-state index contributed by atoms with van der Waals surface area (Å²) in [5.74, 6) is -0.0372. The summed E-state index contributed by atoms with van der Waals surface area (Å²) in [5, 5.41) is 1.00. The number of para-hydroxylation sites is 1. The number of aromatic nitrogens is 1. The number of hydrogen-bond acceptors (Lipinski definition) is 2. The van der Waals surface area contributed by atoms with Crippen molar-refractivity contribution in [2.45, 2.75) is 0 Å². The smallest absolute Gasteiger partial charge is 0.264 e. The lowest BCUT2D eigenvalue weighted by Gasteiger charge is -2.20. The summed E-state index contributed by atoms with van der Waals surface area (Å²) in [6.07, 6.45) is 3.86. The van der Waals surface area contributed by atoms with E-state index in [0.29, 0.717) is 0 Å². The number of fused-ring (bicyclic) bond motifs is 2. The molecule has 1 aliphatic rings. The lowest BCUT2D eigenvalue weighted by atomic mass is 9.95. The van der Waals surface area contributed by atoms with Gasteiger partial charge in [0.1, 0.15) is 0 Å². The highest BCUT2D eigenvalue weighted by Crippen LogP contribution is 2.43. The molecule has 4 aromatic carbocycles. The van der Waals surface area contributed by atoms with E-state index < -0.39 is 0 Å². The minimum atomic E-state index is -0.0372. The fraction of sp³-hybridized carbons (Fsp3) is 0. The first-order valence-electron chi connectivity index (χ1n) is 10.9. The molecule has 156 valence electrons. The van der Waals surface area contributed by atoms with Gasteiger partial charge in [0, 0.05) is 17.1 Å². The van der Waals surface area contributed by atoms with Crippen molar-refractivity contribution in [2.24, 2.45) is 0 Å². The first-order chi connectivity index (χ1) is 16.3. The molecular formula is C30H20N2O. The molecule has 0 unspecified atom stereocenters. The van der Waals surface area contributed by atoms with Crippen molar-refractivity contribution >= 4 is 34.3 Å². The van der Waals surface area contributed by atoms with Crippen molar-refractivity contribution < 1.29 is 4.79 Å². The predicted molar refractivity (Wildman–Crippen MR) is 135 cm³/mol. The van der Waals surface area contributed by atoms with Gasteiger partial charge >= 0.3 is 0 Å².